The van der Waals surface area contributed by atoms with E-state index in [-0.39, 0.29) is 0 Å². The average molecular weight is 269 g/mol. The first kappa shape index (κ1) is 12.9. The van der Waals surface area contributed by atoms with Crippen LogP contribution in [-0.4, -0.2) is 13.6 Å². The van der Waals surface area contributed by atoms with E-state index in [0.717, 1.165) is 23.7 Å². The van der Waals surface area contributed by atoms with E-state index in [2.05, 4.69) is 43.6 Å². The molecular formula is C19H27N. The smallest absolute Gasteiger partial charge is 0.00182 e. The van der Waals surface area contributed by atoms with E-state index in [0.29, 0.717) is 5.41 Å². The van der Waals surface area contributed by atoms with Crippen LogP contribution in [0.15, 0.2) is 24.3 Å². The average Bonchev–Trinajstić information content (AvgIpc) is 2.43. The van der Waals surface area contributed by atoms with Crippen molar-refractivity contribution in [2.45, 2.75) is 44.4 Å². The van der Waals surface area contributed by atoms with Crippen LogP contribution >= 0.6 is 0 Å². The van der Waals surface area contributed by atoms with Crippen LogP contribution in [0.2, 0.25) is 0 Å². The fourth-order valence-corrected chi connectivity index (χ4v) is 5.96. The lowest BCUT2D eigenvalue weighted by Gasteiger charge is -2.60. The van der Waals surface area contributed by atoms with Gasteiger partial charge in [-0.25, -0.2) is 0 Å². The van der Waals surface area contributed by atoms with Crippen molar-refractivity contribution < 1.29 is 0 Å². The minimum Gasteiger partial charge on any atom is -0.319 e. The van der Waals surface area contributed by atoms with Crippen molar-refractivity contribution in [1.82, 2.24) is 5.32 Å². The first-order chi connectivity index (χ1) is 9.70. The van der Waals surface area contributed by atoms with E-state index >= 15 is 0 Å². The number of rotatable bonds is 3. The zero-order valence-corrected chi connectivity index (χ0v) is 12.9. The van der Waals surface area contributed by atoms with Gasteiger partial charge in [0.05, 0.1) is 0 Å². The van der Waals surface area contributed by atoms with Crippen molar-refractivity contribution in [3.05, 3.63) is 35.4 Å². The van der Waals surface area contributed by atoms with E-state index in [1.807, 2.05) is 0 Å². The highest BCUT2D eigenvalue weighted by Crippen LogP contribution is 2.62. The molecule has 1 aromatic carbocycles. The van der Waals surface area contributed by atoms with E-state index in [1.54, 1.807) is 5.56 Å². The summed E-state index contributed by atoms with van der Waals surface area (Å²) in [6.07, 6.45) is 7.40. The molecule has 5 rings (SSSR count). The van der Waals surface area contributed by atoms with Crippen LogP contribution in [0.25, 0.3) is 0 Å². The van der Waals surface area contributed by atoms with Crippen LogP contribution in [0, 0.1) is 30.6 Å². The van der Waals surface area contributed by atoms with Crippen molar-refractivity contribution in [2.24, 2.45) is 23.7 Å². The molecule has 1 aromatic rings. The maximum atomic E-state index is 3.46. The van der Waals surface area contributed by atoms with Gasteiger partial charge in [0.2, 0.25) is 0 Å². The van der Waals surface area contributed by atoms with Crippen LogP contribution < -0.4 is 5.32 Å². The second kappa shape index (κ2) is 4.59. The van der Waals surface area contributed by atoms with Gasteiger partial charge in [-0.3, -0.25) is 0 Å². The standard InChI is InChI=1S/C19H27N/c1-13-3-5-17(6-4-13)19-9-14-7-15(10-19)18(12-20-2)16(8-14)11-19/h3-6,14-16,18,20H,7-12H2,1-2H3. The first-order valence-electron chi connectivity index (χ1n) is 8.42. The normalized spacial score (nSPS) is 42.1. The largest absolute Gasteiger partial charge is 0.319 e. The van der Waals surface area contributed by atoms with E-state index in [4.69, 9.17) is 0 Å². The van der Waals surface area contributed by atoms with Gasteiger partial charge in [-0.2, -0.15) is 0 Å². The van der Waals surface area contributed by atoms with Crippen LogP contribution in [-0.2, 0) is 5.41 Å². The summed E-state index contributed by atoms with van der Waals surface area (Å²) >= 11 is 0. The molecule has 0 spiro atoms. The Bertz CT molecular complexity index is 473. The molecule has 0 amide bonds. The van der Waals surface area contributed by atoms with Gasteiger partial charge in [-0.15, -0.1) is 0 Å². The predicted molar refractivity (Wildman–Crippen MR) is 83.8 cm³/mol. The third kappa shape index (κ3) is 1.86. The number of hydrogen-bond acceptors (Lipinski definition) is 1. The lowest BCUT2D eigenvalue weighted by molar-refractivity contribution is -0.0546. The first-order valence-corrected chi connectivity index (χ1v) is 8.42. The van der Waals surface area contributed by atoms with Gasteiger partial charge in [-0.1, -0.05) is 29.8 Å². The topological polar surface area (TPSA) is 12.0 Å². The molecule has 2 unspecified atom stereocenters. The Kier molecular flexibility index (Phi) is 2.96. The molecule has 1 nitrogen and oxygen atoms in total. The molecule has 4 aliphatic rings. The van der Waals surface area contributed by atoms with E-state index < -0.39 is 0 Å². The minimum atomic E-state index is 0.536. The Balaban J connectivity index is 1.66. The van der Waals surface area contributed by atoms with Crippen LogP contribution in [0.3, 0.4) is 0 Å². The van der Waals surface area contributed by atoms with Crippen molar-refractivity contribution in [1.29, 1.82) is 0 Å². The molecule has 4 fully saturated rings. The number of benzene rings is 1. The molecule has 108 valence electrons. The lowest BCUT2D eigenvalue weighted by atomic mass is 9.45. The third-order valence-corrected chi connectivity index (χ3v) is 6.57. The third-order valence-electron chi connectivity index (χ3n) is 6.57. The van der Waals surface area contributed by atoms with Crippen LogP contribution in [0.4, 0.5) is 0 Å². The SMILES string of the molecule is CNCC1C2CC3CC1CC(c1ccc(C)cc1)(C3)C2. The summed E-state index contributed by atoms with van der Waals surface area (Å²) in [6, 6.07) is 9.49. The van der Waals surface area contributed by atoms with Gasteiger partial charge in [0.15, 0.2) is 0 Å². The highest BCUT2D eigenvalue weighted by Gasteiger charge is 2.55. The summed E-state index contributed by atoms with van der Waals surface area (Å²) in [5.74, 6) is 3.93. The molecule has 0 saturated heterocycles. The molecule has 0 radical (unpaired) electrons. The molecule has 4 aliphatic carbocycles. The maximum Gasteiger partial charge on any atom is -0.00182 e. The second-order valence-corrected chi connectivity index (χ2v) is 7.84. The summed E-state index contributed by atoms with van der Waals surface area (Å²) in [7, 11) is 2.13. The zero-order valence-electron chi connectivity index (χ0n) is 12.9. The summed E-state index contributed by atoms with van der Waals surface area (Å²) in [6.45, 7) is 3.44. The van der Waals surface area contributed by atoms with Crippen molar-refractivity contribution >= 4 is 0 Å². The minimum absolute atomic E-state index is 0.536. The highest BCUT2D eigenvalue weighted by atomic mass is 14.8. The highest BCUT2D eigenvalue weighted by molar-refractivity contribution is 5.32. The number of aryl methyl sites for hydroxylation is 1. The molecule has 2 atom stereocenters. The van der Waals surface area contributed by atoms with Crippen LogP contribution in [0.1, 0.15) is 43.2 Å². The van der Waals surface area contributed by atoms with Gasteiger partial charge in [0.1, 0.15) is 0 Å². The molecule has 4 bridgehead atoms. The lowest BCUT2D eigenvalue weighted by Crippen LogP contribution is -2.54. The predicted octanol–water partition coefficient (Wildman–Crippen LogP) is 3.91. The quantitative estimate of drug-likeness (QED) is 0.877. The summed E-state index contributed by atoms with van der Waals surface area (Å²) in [5.41, 5.74) is 3.57. The second-order valence-electron chi connectivity index (χ2n) is 7.84. The van der Waals surface area contributed by atoms with Crippen LogP contribution in [0.5, 0.6) is 0 Å². The Morgan fingerprint density at radius 3 is 2.30 bits per heavy atom. The van der Waals surface area contributed by atoms with E-state index in [1.165, 1.54) is 44.2 Å². The molecule has 0 aliphatic heterocycles. The van der Waals surface area contributed by atoms with E-state index in [9.17, 15) is 0 Å². The molecule has 1 heteroatoms. The number of hydrogen-bond donors (Lipinski definition) is 1. The van der Waals surface area contributed by atoms with Gasteiger partial charge in [0, 0.05) is 0 Å². The summed E-state index contributed by atoms with van der Waals surface area (Å²) in [5, 5.41) is 3.46. The monoisotopic (exact) mass is 269 g/mol. The Labute approximate surface area is 123 Å². The molecular weight excluding hydrogens is 242 g/mol. The van der Waals surface area contributed by atoms with Crippen molar-refractivity contribution in [3.8, 4) is 0 Å². The van der Waals surface area contributed by atoms with Gasteiger partial charge in [-0.05, 0) is 87.3 Å². The fourth-order valence-electron chi connectivity index (χ4n) is 5.96. The molecule has 0 heterocycles. The Morgan fingerprint density at radius 2 is 1.70 bits per heavy atom. The fraction of sp³-hybridized carbons (Fsp3) is 0.684. The molecule has 20 heavy (non-hydrogen) atoms. The summed E-state index contributed by atoms with van der Waals surface area (Å²) in [4.78, 5) is 0. The molecule has 4 saturated carbocycles. The van der Waals surface area contributed by atoms with Gasteiger partial charge in [0.25, 0.3) is 0 Å². The molecule has 0 aromatic heterocycles. The van der Waals surface area contributed by atoms with Gasteiger partial charge >= 0.3 is 0 Å². The number of nitrogens with one attached hydrogen (secondary N) is 1. The maximum absolute atomic E-state index is 3.46. The zero-order chi connectivity index (χ0) is 13.7. The molecule has 1 N–H and O–H groups in total. The summed E-state index contributed by atoms with van der Waals surface area (Å²) < 4.78 is 0. The Morgan fingerprint density at radius 1 is 1.05 bits per heavy atom. The van der Waals surface area contributed by atoms with Gasteiger partial charge < -0.3 is 5.32 Å². The Hall–Kier alpha value is -0.820. The van der Waals surface area contributed by atoms with Crippen molar-refractivity contribution in [2.75, 3.05) is 13.6 Å². The van der Waals surface area contributed by atoms with Crippen molar-refractivity contribution in [3.63, 3.8) is 0 Å².